The van der Waals surface area contributed by atoms with Crippen LogP contribution in [0.1, 0.15) is 6.92 Å². The number of thiol groups is 1. The Morgan fingerprint density at radius 3 is 2.29 bits per heavy atom. The fourth-order valence-corrected chi connectivity index (χ4v) is 0.260. The van der Waals surface area contributed by atoms with Crippen molar-refractivity contribution in [2.75, 3.05) is 0 Å². The van der Waals surface area contributed by atoms with Gasteiger partial charge in [-0.1, -0.05) is 0 Å². The highest BCUT2D eigenvalue weighted by Crippen LogP contribution is 1.68. The second-order valence-electron chi connectivity index (χ2n) is 0.928. The van der Waals surface area contributed by atoms with E-state index in [9.17, 15) is 0 Å². The van der Waals surface area contributed by atoms with Crippen LogP contribution in [0.15, 0.2) is 4.40 Å². The average Bonchev–Trinajstić information content (AvgIpc) is 1.35. The third-order valence-corrected chi connectivity index (χ3v) is 0.367. The summed E-state index contributed by atoms with van der Waals surface area (Å²) >= 11 is 3.49. The van der Waals surface area contributed by atoms with Crippen LogP contribution in [0.2, 0.25) is 0 Å². The van der Waals surface area contributed by atoms with E-state index < -0.39 is 0 Å². The van der Waals surface area contributed by atoms with Crippen molar-refractivity contribution in [3.8, 4) is 0 Å². The zero-order chi connectivity index (χ0) is 4.99. The number of rotatable bonds is 1. The van der Waals surface area contributed by atoms with E-state index in [1.807, 2.05) is 0 Å². The van der Waals surface area contributed by atoms with Crippen molar-refractivity contribution in [3.63, 3.8) is 0 Å². The molecule has 2 nitrogen and oxygen atoms in total. The lowest BCUT2D eigenvalue weighted by molar-refractivity contribution is 1.52. The van der Waals surface area contributed by atoms with Gasteiger partial charge in [0.05, 0.1) is 6.21 Å². The highest BCUT2D eigenvalue weighted by molar-refractivity contribution is 14.0. The summed E-state index contributed by atoms with van der Waals surface area (Å²) < 4.78 is 3.28. The molecular weight excluding hydrogens is 223 g/mol. The maximum Gasteiger partial charge on any atom is 0.0553 e. The lowest BCUT2D eigenvalue weighted by Crippen LogP contribution is -1.84. The van der Waals surface area contributed by atoms with E-state index in [0.717, 1.165) is 0 Å². The Morgan fingerprint density at radius 1 is 1.86 bits per heavy atom. The van der Waals surface area contributed by atoms with E-state index in [2.05, 4.69) is 17.2 Å². The second-order valence-corrected chi connectivity index (χ2v) is 1.16. The monoisotopic (exact) mass is 230 g/mol. The number of hydrogen-bond donors (Lipinski definition) is 2. The van der Waals surface area contributed by atoms with Crippen LogP contribution in [0, 0.1) is 5.41 Å². The minimum absolute atomic E-state index is 0. The molecule has 0 saturated heterocycles. The van der Waals surface area contributed by atoms with E-state index >= 15 is 0 Å². The summed E-state index contributed by atoms with van der Waals surface area (Å²) in [6, 6.07) is 0. The predicted octanol–water partition coefficient (Wildman–Crippen LogP) is 1.56. The predicted molar refractivity (Wildman–Crippen MR) is 46.3 cm³/mol. The molecule has 0 bridgehead atoms. The smallest absolute Gasteiger partial charge is 0.0553 e. The number of nitrogens with one attached hydrogen (secondary N) is 1. The molecule has 7 heavy (non-hydrogen) atoms. The molecule has 4 heteroatoms. The maximum atomic E-state index is 6.70. The van der Waals surface area contributed by atoms with Gasteiger partial charge in [-0.2, -0.15) is 0 Å². The summed E-state index contributed by atoms with van der Waals surface area (Å²) in [6.45, 7) is 1.64. The van der Waals surface area contributed by atoms with Gasteiger partial charge in [-0.15, -0.1) is 24.0 Å². The van der Waals surface area contributed by atoms with E-state index in [1.54, 1.807) is 6.92 Å². The molecule has 0 fully saturated rings. The molecule has 0 aromatic rings. The summed E-state index contributed by atoms with van der Waals surface area (Å²) in [6.07, 6.45) is 1.36. The Hall–Kier alpha value is 0.420. The molecule has 0 amide bonds. The summed E-state index contributed by atoms with van der Waals surface area (Å²) in [5.74, 6) is 0. The first kappa shape index (κ1) is 10.4. The Kier molecular flexibility index (Phi) is 9.55. The highest BCUT2D eigenvalue weighted by atomic mass is 127. The van der Waals surface area contributed by atoms with E-state index in [0.29, 0.717) is 5.71 Å². The van der Waals surface area contributed by atoms with E-state index in [1.165, 1.54) is 6.21 Å². The SMILES string of the molecule is CC(=N)/C=N\S.I. The third kappa shape index (κ3) is 10.7. The van der Waals surface area contributed by atoms with Gasteiger partial charge in [-0.05, 0) is 19.7 Å². The zero-order valence-electron chi connectivity index (χ0n) is 3.88. The van der Waals surface area contributed by atoms with Crippen LogP contribution in [-0.4, -0.2) is 11.9 Å². The largest absolute Gasteiger partial charge is 0.304 e. The quantitative estimate of drug-likeness (QED) is 0.389. The molecule has 0 aliphatic heterocycles. The van der Waals surface area contributed by atoms with Gasteiger partial charge in [0, 0.05) is 5.71 Å². The molecule has 0 aliphatic rings. The van der Waals surface area contributed by atoms with Crippen LogP contribution in [0.3, 0.4) is 0 Å². The fourth-order valence-electron chi connectivity index (χ4n) is 0.0866. The molecule has 42 valence electrons. The van der Waals surface area contributed by atoms with Crippen molar-refractivity contribution in [3.05, 3.63) is 0 Å². The molecule has 0 aromatic heterocycles. The van der Waals surface area contributed by atoms with Crippen LogP contribution in [0.25, 0.3) is 0 Å². The van der Waals surface area contributed by atoms with Crippen molar-refractivity contribution in [2.45, 2.75) is 6.92 Å². The van der Waals surface area contributed by atoms with Gasteiger partial charge < -0.3 is 5.41 Å². The van der Waals surface area contributed by atoms with Crippen molar-refractivity contribution >= 4 is 48.7 Å². The standard InChI is InChI=1S/C3H6N2S.HI/c1-3(4)2-5-6;/h2,4,6H,1H3;1H/b4-3?,5-2-;. The van der Waals surface area contributed by atoms with Gasteiger partial charge >= 0.3 is 0 Å². The molecule has 0 atom stereocenters. The number of halogens is 1. The zero-order valence-corrected chi connectivity index (χ0v) is 7.10. The second kappa shape index (κ2) is 6.42. The number of nitrogens with zero attached hydrogens (tertiary/aromatic N) is 1. The van der Waals surface area contributed by atoms with Crippen LogP contribution < -0.4 is 0 Å². The molecule has 0 radical (unpaired) electrons. The van der Waals surface area contributed by atoms with Crippen molar-refractivity contribution in [2.24, 2.45) is 4.40 Å². The number of hydrogen-bond acceptors (Lipinski definition) is 3. The Balaban J connectivity index is 0. The summed E-state index contributed by atoms with van der Waals surface area (Å²) in [7, 11) is 0. The topological polar surface area (TPSA) is 36.2 Å². The summed E-state index contributed by atoms with van der Waals surface area (Å²) in [5, 5.41) is 6.70. The molecule has 0 saturated carbocycles. The van der Waals surface area contributed by atoms with Crippen LogP contribution in [-0.2, 0) is 0 Å². The third-order valence-electron chi connectivity index (χ3n) is 0.251. The van der Waals surface area contributed by atoms with Gasteiger partial charge in [0.2, 0.25) is 0 Å². The molecular formula is C3H7IN2S. The highest BCUT2D eigenvalue weighted by Gasteiger charge is 1.69. The minimum atomic E-state index is 0. The van der Waals surface area contributed by atoms with E-state index in [-0.39, 0.29) is 24.0 Å². The van der Waals surface area contributed by atoms with Gasteiger partial charge in [0.1, 0.15) is 0 Å². The van der Waals surface area contributed by atoms with Crippen LogP contribution in [0.4, 0.5) is 0 Å². The van der Waals surface area contributed by atoms with Gasteiger partial charge in [-0.25, -0.2) is 4.40 Å². The van der Waals surface area contributed by atoms with Gasteiger partial charge in [0.15, 0.2) is 0 Å². The molecule has 1 N–H and O–H groups in total. The van der Waals surface area contributed by atoms with Gasteiger partial charge in [0.25, 0.3) is 0 Å². The molecule has 0 rings (SSSR count). The molecule has 0 heterocycles. The van der Waals surface area contributed by atoms with Crippen molar-refractivity contribution in [1.29, 1.82) is 5.41 Å². The first-order valence-corrected chi connectivity index (χ1v) is 1.90. The van der Waals surface area contributed by atoms with Crippen molar-refractivity contribution in [1.82, 2.24) is 0 Å². The fraction of sp³-hybridized carbons (Fsp3) is 0.333. The first-order chi connectivity index (χ1) is 2.77. The summed E-state index contributed by atoms with van der Waals surface area (Å²) in [5.41, 5.74) is 0.421. The lowest BCUT2D eigenvalue weighted by atomic mass is 10.5. The molecule has 0 unspecified atom stereocenters. The molecule has 0 aliphatic carbocycles. The van der Waals surface area contributed by atoms with E-state index in [4.69, 9.17) is 5.41 Å². The van der Waals surface area contributed by atoms with Crippen LogP contribution >= 0.6 is 36.8 Å². The normalized spacial score (nSPS) is 8.29. The summed E-state index contributed by atoms with van der Waals surface area (Å²) in [4.78, 5) is 0. The molecule has 0 aromatic carbocycles. The lowest BCUT2D eigenvalue weighted by Gasteiger charge is -1.72. The minimum Gasteiger partial charge on any atom is -0.304 e. The van der Waals surface area contributed by atoms with Crippen LogP contribution in [0.5, 0.6) is 0 Å². The maximum absolute atomic E-state index is 6.70. The Bertz CT molecular complexity index is 81.0. The Morgan fingerprint density at radius 2 is 2.29 bits per heavy atom. The first-order valence-electron chi connectivity index (χ1n) is 1.50. The van der Waals surface area contributed by atoms with Crippen molar-refractivity contribution < 1.29 is 0 Å². The molecule has 0 spiro atoms. The average molecular weight is 230 g/mol. The van der Waals surface area contributed by atoms with Gasteiger partial charge in [-0.3, -0.25) is 0 Å². The Labute approximate surface area is 65.5 Å².